The van der Waals surface area contributed by atoms with Gasteiger partial charge in [0.2, 0.25) is 15.9 Å². The first-order valence-electron chi connectivity index (χ1n) is 9.44. The van der Waals surface area contributed by atoms with Crippen LogP contribution in [0.3, 0.4) is 0 Å². The molecule has 1 aliphatic rings. The molecule has 0 bridgehead atoms. The molecule has 0 radical (unpaired) electrons. The fourth-order valence-corrected chi connectivity index (χ4v) is 5.20. The molecule has 1 fully saturated rings. The topological polar surface area (TPSA) is 79.4 Å². The van der Waals surface area contributed by atoms with E-state index in [2.05, 4.69) is 10.3 Å². The molecular formula is C20H25N3O3S2. The third kappa shape index (κ3) is 4.92. The molecule has 1 atom stereocenters. The zero-order valence-corrected chi connectivity index (χ0v) is 17.7. The molecule has 150 valence electrons. The van der Waals surface area contributed by atoms with Gasteiger partial charge in [0.15, 0.2) is 0 Å². The predicted molar refractivity (Wildman–Crippen MR) is 111 cm³/mol. The molecule has 0 spiro atoms. The second kappa shape index (κ2) is 9.07. The maximum atomic E-state index is 12.7. The van der Waals surface area contributed by atoms with Crippen LogP contribution in [0.1, 0.15) is 37.5 Å². The molecule has 28 heavy (non-hydrogen) atoms. The van der Waals surface area contributed by atoms with E-state index in [0.717, 1.165) is 18.4 Å². The minimum Gasteiger partial charge on any atom is -0.352 e. The Hall–Kier alpha value is -1.90. The summed E-state index contributed by atoms with van der Waals surface area (Å²) in [6, 6.07) is 13.1. The third-order valence-corrected chi connectivity index (χ3v) is 7.79. The van der Waals surface area contributed by atoms with E-state index in [4.69, 9.17) is 0 Å². The molecule has 0 aliphatic heterocycles. The SMILES string of the molecule is CCN(CC)S(=O)(=O)c1ccc(SC(C(=O)NC2CC2)c2ccccc2)nc1. The monoisotopic (exact) mass is 419 g/mol. The number of hydrogen-bond donors (Lipinski definition) is 1. The molecule has 8 heteroatoms. The molecule has 1 saturated carbocycles. The smallest absolute Gasteiger partial charge is 0.244 e. The van der Waals surface area contributed by atoms with Gasteiger partial charge in [-0.15, -0.1) is 0 Å². The number of thioether (sulfide) groups is 1. The van der Waals surface area contributed by atoms with Crippen molar-refractivity contribution in [3.8, 4) is 0 Å². The van der Waals surface area contributed by atoms with Crippen LogP contribution in [0.25, 0.3) is 0 Å². The number of hydrogen-bond acceptors (Lipinski definition) is 5. The first-order valence-corrected chi connectivity index (χ1v) is 11.8. The van der Waals surface area contributed by atoms with E-state index in [1.54, 1.807) is 12.1 Å². The van der Waals surface area contributed by atoms with Crippen LogP contribution in [0, 0.1) is 0 Å². The van der Waals surface area contributed by atoms with E-state index in [-0.39, 0.29) is 16.8 Å². The molecule has 1 aliphatic carbocycles. The van der Waals surface area contributed by atoms with E-state index < -0.39 is 15.3 Å². The highest BCUT2D eigenvalue weighted by molar-refractivity contribution is 8.00. The molecule has 3 rings (SSSR count). The summed E-state index contributed by atoms with van der Waals surface area (Å²) < 4.78 is 26.6. The third-order valence-electron chi connectivity index (χ3n) is 4.56. The highest BCUT2D eigenvalue weighted by Gasteiger charge is 2.29. The van der Waals surface area contributed by atoms with Crippen LogP contribution in [0.2, 0.25) is 0 Å². The lowest BCUT2D eigenvalue weighted by Gasteiger charge is -2.19. The van der Waals surface area contributed by atoms with Gasteiger partial charge in [0, 0.05) is 25.3 Å². The summed E-state index contributed by atoms with van der Waals surface area (Å²) in [6.45, 7) is 4.43. The summed E-state index contributed by atoms with van der Waals surface area (Å²) in [4.78, 5) is 17.2. The standard InChI is InChI=1S/C20H25N3O3S2/c1-3-23(4-2)28(25,26)17-12-13-18(21-14-17)27-19(15-8-6-5-7-9-15)20(24)22-16-10-11-16/h5-9,12-14,16,19H,3-4,10-11H2,1-2H3,(H,22,24). The van der Waals surface area contributed by atoms with Gasteiger partial charge in [0.05, 0.1) is 5.03 Å². The zero-order valence-electron chi connectivity index (χ0n) is 16.0. The summed E-state index contributed by atoms with van der Waals surface area (Å²) in [5.74, 6) is -0.0414. The van der Waals surface area contributed by atoms with E-state index >= 15 is 0 Å². The lowest BCUT2D eigenvalue weighted by atomic mass is 10.1. The summed E-state index contributed by atoms with van der Waals surface area (Å²) >= 11 is 1.33. The van der Waals surface area contributed by atoms with Crippen molar-refractivity contribution in [1.29, 1.82) is 0 Å². The van der Waals surface area contributed by atoms with E-state index in [1.165, 1.54) is 22.3 Å². The van der Waals surface area contributed by atoms with Gasteiger partial charge >= 0.3 is 0 Å². The molecule has 0 saturated heterocycles. The number of rotatable bonds is 9. The molecule has 1 unspecified atom stereocenters. The van der Waals surface area contributed by atoms with Gasteiger partial charge < -0.3 is 5.32 Å². The summed E-state index contributed by atoms with van der Waals surface area (Å²) in [6.07, 6.45) is 3.42. The van der Waals surface area contributed by atoms with E-state index in [1.807, 2.05) is 44.2 Å². The Morgan fingerprint density at radius 2 is 1.86 bits per heavy atom. The van der Waals surface area contributed by atoms with Crippen LogP contribution in [-0.2, 0) is 14.8 Å². The second-order valence-corrected chi connectivity index (χ2v) is 9.68. The number of sulfonamides is 1. The Kier molecular flexibility index (Phi) is 6.74. The average Bonchev–Trinajstić information content (AvgIpc) is 3.52. The van der Waals surface area contributed by atoms with Crippen molar-refractivity contribution in [2.75, 3.05) is 13.1 Å². The van der Waals surface area contributed by atoms with Gasteiger partial charge in [0.1, 0.15) is 10.1 Å². The van der Waals surface area contributed by atoms with Crippen LogP contribution in [0.5, 0.6) is 0 Å². The van der Waals surface area contributed by atoms with Gasteiger partial charge in [0.25, 0.3) is 0 Å². The number of carbonyl (C=O) groups is 1. The van der Waals surface area contributed by atoms with Crippen molar-refractivity contribution in [3.05, 3.63) is 54.2 Å². The van der Waals surface area contributed by atoms with Crippen molar-refractivity contribution >= 4 is 27.7 Å². The molecule has 2 aromatic rings. The average molecular weight is 420 g/mol. The molecule has 1 heterocycles. The number of carbonyl (C=O) groups excluding carboxylic acids is 1. The van der Waals surface area contributed by atoms with Gasteiger partial charge in [-0.25, -0.2) is 13.4 Å². The second-order valence-electron chi connectivity index (χ2n) is 6.61. The Labute approximate surface area is 170 Å². The zero-order chi connectivity index (χ0) is 20.1. The molecule has 6 nitrogen and oxygen atoms in total. The van der Waals surface area contributed by atoms with Gasteiger partial charge in [-0.3, -0.25) is 4.79 Å². The maximum Gasteiger partial charge on any atom is 0.244 e. The number of aromatic nitrogens is 1. The molecule has 1 N–H and O–H groups in total. The van der Waals surface area contributed by atoms with Gasteiger partial charge in [-0.2, -0.15) is 4.31 Å². The first-order chi connectivity index (χ1) is 13.5. The Morgan fingerprint density at radius 3 is 2.39 bits per heavy atom. The Morgan fingerprint density at radius 1 is 1.18 bits per heavy atom. The lowest BCUT2D eigenvalue weighted by Crippen LogP contribution is -2.30. The highest BCUT2D eigenvalue weighted by atomic mass is 32.2. The minimum atomic E-state index is -3.54. The number of pyridine rings is 1. The van der Waals surface area contributed by atoms with E-state index in [0.29, 0.717) is 18.1 Å². The summed E-state index contributed by atoms with van der Waals surface area (Å²) in [7, 11) is -3.54. The van der Waals surface area contributed by atoms with Crippen molar-refractivity contribution in [1.82, 2.24) is 14.6 Å². The quantitative estimate of drug-likeness (QED) is 0.631. The Balaban J connectivity index is 1.80. The van der Waals surface area contributed by atoms with Crippen molar-refractivity contribution in [2.24, 2.45) is 0 Å². The molecule has 1 aromatic carbocycles. The fraction of sp³-hybridized carbons (Fsp3) is 0.400. The van der Waals surface area contributed by atoms with Crippen LogP contribution in [0.4, 0.5) is 0 Å². The minimum absolute atomic E-state index is 0.0414. The van der Waals surface area contributed by atoms with Crippen molar-refractivity contribution < 1.29 is 13.2 Å². The molecule has 1 amide bonds. The van der Waals surface area contributed by atoms with Gasteiger partial charge in [-0.05, 0) is 30.5 Å². The van der Waals surface area contributed by atoms with Crippen LogP contribution in [0.15, 0.2) is 58.6 Å². The van der Waals surface area contributed by atoms with Crippen LogP contribution < -0.4 is 5.32 Å². The predicted octanol–water partition coefficient (Wildman–Crippen LogP) is 3.22. The van der Waals surface area contributed by atoms with Gasteiger partial charge in [-0.1, -0.05) is 55.9 Å². The Bertz CT molecular complexity index is 894. The number of nitrogens with one attached hydrogen (secondary N) is 1. The maximum absolute atomic E-state index is 12.7. The van der Waals surface area contributed by atoms with Crippen LogP contribution >= 0.6 is 11.8 Å². The molecule has 1 aromatic heterocycles. The lowest BCUT2D eigenvalue weighted by molar-refractivity contribution is -0.120. The number of nitrogens with zero attached hydrogens (tertiary/aromatic N) is 2. The van der Waals surface area contributed by atoms with E-state index in [9.17, 15) is 13.2 Å². The first kappa shape index (κ1) is 20.8. The highest BCUT2D eigenvalue weighted by Crippen LogP contribution is 2.35. The molecular weight excluding hydrogens is 394 g/mol. The summed E-state index contributed by atoms with van der Waals surface area (Å²) in [5, 5.41) is 3.23. The fourth-order valence-electron chi connectivity index (χ4n) is 2.83. The van der Waals surface area contributed by atoms with Crippen molar-refractivity contribution in [2.45, 2.75) is 47.9 Å². The normalized spacial score (nSPS) is 15.4. The number of benzene rings is 1. The summed E-state index contributed by atoms with van der Waals surface area (Å²) in [5.41, 5.74) is 0.896. The number of amides is 1. The largest absolute Gasteiger partial charge is 0.352 e. The van der Waals surface area contributed by atoms with Crippen molar-refractivity contribution in [3.63, 3.8) is 0 Å². The van der Waals surface area contributed by atoms with Crippen LogP contribution in [-0.4, -0.2) is 42.7 Å².